The lowest BCUT2D eigenvalue weighted by atomic mass is 9.91. The van der Waals surface area contributed by atoms with E-state index in [2.05, 4.69) is 20.4 Å². The molecule has 0 aliphatic heterocycles. The summed E-state index contributed by atoms with van der Waals surface area (Å²) in [7, 11) is 0. The first-order valence-corrected chi connectivity index (χ1v) is 7.94. The molecular formula is C17H32O3. The minimum absolute atomic E-state index is 0.137. The lowest BCUT2D eigenvalue weighted by Crippen LogP contribution is -2.35. The topological polar surface area (TPSA) is 35.5 Å². The summed E-state index contributed by atoms with van der Waals surface area (Å²) in [6.07, 6.45) is 6.88. The maximum atomic E-state index is 12.0. The van der Waals surface area contributed by atoms with E-state index in [4.69, 9.17) is 9.47 Å². The van der Waals surface area contributed by atoms with Crippen molar-refractivity contribution in [2.75, 3.05) is 0 Å². The van der Waals surface area contributed by atoms with Crippen LogP contribution in [0.2, 0.25) is 0 Å². The highest BCUT2D eigenvalue weighted by Gasteiger charge is 2.31. The van der Waals surface area contributed by atoms with Crippen molar-refractivity contribution in [3.05, 3.63) is 12.7 Å². The average Bonchev–Trinajstić information content (AvgIpc) is 2.41. The summed E-state index contributed by atoms with van der Waals surface area (Å²) < 4.78 is 11.0. The maximum Gasteiger partial charge on any atom is 0.509 e. The van der Waals surface area contributed by atoms with Crippen LogP contribution in [0.3, 0.4) is 0 Å². The highest BCUT2D eigenvalue weighted by molar-refractivity contribution is 5.61. The van der Waals surface area contributed by atoms with E-state index in [-0.39, 0.29) is 12.0 Å². The summed E-state index contributed by atoms with van der Waals surface area (Å²) in [5.41, 5.74) is -0.570. The van der Waals surface area contributed by atoms with Crippen molar-refractivity contribution in [2.45, 2.75) is 84.8 Å². The summed E-state index contributed by atoms with van der Waals surface area (Å²) in [5.74, 6) is 0.284. The summed E-state index contributed by atoms with van der Waals surface area (Å²) >= 11 is 0. The molecule has 0 aromatic carbocycles. The van der Waals surface area contributed by atoms with Crippen LogP contribution in [0.5, 0.6) is 0 Å². The van der Waals surface area contributed by atoms with Gasteiger partial charge < -0.3 is 9.47 Å². The molecular weight excluding hydrogens is 252 g/mol. The molecule has 1 atom stereocenters. The molecule has 0 spiro atoms. The van der Waals surface area contributed by atoms with E-state index in [1.807, 2.05) is 20.8 Å². The van der Waals surface area contributed by atoms with E-state index < -0.39 is 11.8 Å². The largest absolute Gasteiger partial charge is 0.509 e. The Balaban J connectivity index is 4.67. The van der Waals surface area contributed by atoms with Gasteiger partial charge in [0.2, 0.25) is 0 Å². The Bertz CT molecular complexity index is 276. The van der Waals surface area contributed by atoms with E-state index in [9.17, 15) is 4.79 Å². The van der Waals surface area contributed by atoms with Crippen molar-refractivity contribution < 1.29 is 14.3 Å². The van der Waals surface area contributed by atoms with Crippen molar-refractivity contribution >= 4 is 6.16 Å². The van der Waals surface area contributed by atoms with Gasteiger partial charge in [0.05, 0.1) is 0 Å². The first kappa shape index (κ1) is 19.0. The Kier molecular flexibility index (Phi) is 9.35. The first-order chi connectivity index (χ1) is 9.40. The molecule has 3 heteroatoms. The quantitative estimate of drug-likeness (QED) is 0.393. The van der Waals surface area contributed by atoms with Gasteiger partial charge in [-0.1, -0.05) is 47.1 Å². The van der Waals surface area contributed by atoms with Crippen LogP contribution >= 0.6 is 0 Å². The molecule has 0 bridgehead atoms. The van der Waals surface area contributed by atoms with Crippen LogP contribution < -0.4 is 0 Å². The maximum absolute atomic E-state index is 12.0. The number of ether oxygens (including phenoxy) is 2. The molecule has 0 saturated carbocycles. The molecule has 1 unspecified atom stereocenters. The van der Waals surface area contributed by atoms with Crippen molar-refractivity contribution in [1.29, 1.82) is 0 Å². The molecule has 0 saturated heterocycles. The predicted molar refractivity (Wildman–Crippen MR) is 83.8 cm³/mol. The first-order valence-electron chi connectivity index (χ1n) is 7.94. The van der Waals surface area contributed by atoms with Crippen molar-refractivity contribution in [3.8, 4) is 0 Å². The zero-order chi connectivity index (χ0) is 15.6. The van der Waals surface area contributed by atoms with Gasteiger partial charge in [-0.3, -0.25) is 0 Å². The number of carbonyl (C=O) groups is 1. The van der Waals surface area contributed by atoms with E-state index in [0.717, 1.165) is 38.5 Å². The van der Waals surface area contributed by atoms with Crippen LogP contribution in [-0.2, 0) is 9.47 Å². The summed E-state index contributed by atoms with van der Waals surface area (Å²) in [6.45, 7) is 14.1. The molecule has 0 aromatic rings. The normalized spacial score (nSPS) is 13.1. The average molecular weight is 284 g/mol. The van der Waals surface area contributed by atoms with Gasteiger partial charge in [0.1, 0.15) is 11.7 Å². The molecule has 0 aromatic heterocycles. The van der Waals surface area contributed by atoms with Gasteiger partial charge in [0, 0.05) is 0 Å². The van der Waals surface area contributed by atoms with Gasteiger partial charge in [0.25, 0.3) is 0 Å². The minimum Gasteiger partial charge on any atom is -0.431 e. The lowest BCUT2D eigenvalue weighted by molar-refractivity contribution is -0.0416. The van der Waals surface area contributed by atoms with Crippen LogP contribution in [0, 0.1) is 5.92 Å². The van der Waals surface area contributed by atoms with Crippen LogP contribution in [0.4, 0.5) is 4.79 Å². The van der Waals surface area contributed by atoms with Gasteiger partial charge >= 0.3 is 6.16 Å². The number of hydrogen-bond acceptors (Lipinski definition) is 3. The Hall–Kier alpha value is -0.990. The lowest BCUT2D eigenvalue weighted by Gasteiger charge is -2.31. The highest BCUT2D eigenvalue weighted by Crippen LogP contribution is 2.28. The van der Waals surface area contributed by atoms with Gasteiger partial charge in [-0.25, -0.2) is 4.79 Å². The Morgan fingerprint density at radius 2 is 1.65 bits per heavy atom. The van der Waals surface area contributed by atoms with Crippen LogP contribution in [0.1, 0.15) is 73.1 Å². The molecule has 0 rings (SSSR count). The third kappa shape index (κ3) is 6.97. The Morgan fingerprint density at radius 3 is 2.00 bits per heavy atom. The van der Waals surface area contributed by atoms with Gasteiger partial charge in [-0.05, 0) is 44.6 Å². The Morgan fingerprint density at radius 1 is 1.15 bits per heavy atom. The fourth-order valence-corrected chi connectivity index (χ4v) is 1.90. The van der Waals surface area contributed by atoms with Crippen LogP contribution in [0.25, 0.3) is 0 Å². The van der Waals surface area contributed by atoms with Gasteiger partial charge in [-0.2, -0.15) is 0 Å². The number of carbonyl (C=O) groups excluding carboxylic acids is 1. The third-order valence-corrected chi connectivity index (χ3v) is 3.79. The molecule has 0 radical (unpaired) electrons. The fraction of sp³-hybridized carbons (Fsp3) is 0.824. The number of unbranched alkanes of at least 4 members (excludes halogenated alkanes) is 2. The smallest absolute Gasteiger partial charge is 0.431 e. The molecule has 0 aliphatic rings. The summed E-state index contributed by atoms with van der Waals surface area (Å²) in [5, 5.41) is 0. The minimum atomic E-state index is -0.571. The summed E-state index contributed by atoms with van der Waals surface area (Å²) in [4.78, 5) is 12.0. The third-order valence-electron chi connectivity index (χ3n) is 3.79. The highest BCUT2D eigenvalue weighted by atomic mass is 16.7. The second-order valence-electron chi connectivity index (χ2n) is 5.90. The SMILES string of the molecule is C=CC(CCCC)(CCCC)OC(=O)OC(C)C(C)C. The van der Waals surface area contributed by atoms with E-state index in [1.54, 1.807) is 6.08 Å². The van der Waals surface area contributed by atoms with E-state index in [1.165, 1.54) is 0 Å². The van der Waals surface area contributed by atoms with E-state index >= 15 is 0 Å². The number of hydrogen-bond donors (Lipinski definition) is 0. The van der Waals surface area contributed by atoms with Crippen LogP contribution in [0.15, 0.2) is 12.7 Å². The Labute approximate surface area is 124 Å². The molecule has 0 heterocycles. The van der Waals surface area contributed by atoms with E-state index in [0.29, 0.717) is 0 Å². The molecule has 0 N–H and O–H groups in total. The monoisotopic (exact) mass is 284 g/mol. The fourth-order valence-electron chi connectivity index (χ4n) is 1.90. The zero-order valence-electron chi connectivity index (χ0n) is 13.9. The van der Waals surface area contributed by atoms with Crippen LogP contribution in [-0.4, -0.2) is 17.9 Å². The van der Waals surface area contributed by atoms with Crippen molar-refractivity contribution in [3.63, 3.8) is 0 Å². The molecule has 118 valence electrons. The van der Waals surface area contributed by atoms with Gasteiger partial charge in [0.15, 0.2) is 0 Å². The zero-order valence-corrected chi connectivity index (χ0v) is 13.9. The van der Waals surface area contributed by atoms with Crippen molar-refractivity contribution in [2.24, 2.45) is 5.92 Å². The predicted octanol–water partition coefficient (Wildman–Crippen LogP) is 5.49. The second-order valence-corrected chi connectivity index (χ2v) is 5.90. The number of rotatable bonds is 10. The summed E-state index contributed by atoms with van der Waals surface area (Å²) in [6, 6.07) is 0. The molecule has 20 heavy (non-hydrogen) atoms. The molecule has 0 fully saturated rings. The van der Waals surface area contributed by atoms with Crippen molar-refractivity contribution in [1.82, 2.24) is 0 Å². The standard InChI is InChI=1S/C17H32O3/c1-7-10-12-17(9-3,13-11-8-2)20-16(18)19-15(6)14(4)5/h9,14-15H,3,7-8,10-13H2,1-2,4-6H3. The second kappa shape index (κ2) is 9.84. The molecule has 3 nitrogen and oxygen atoms in total. The molecule has 0 amide bonds. The van der Waals surface area contributed by atoms with Gasteiger partial charge in [-0.15, -0.1) is 0 Å². The molecule has 0 aliphatic carbocycles.